The first-order valence-electron chi connectivity index (χ1n) is 5.70. The minimum absolute atomic E-state index is 0.377. The van der Waals surface area contributed by atoms with Gasteiger partial charge in [0.1, 0.15) is 5.60 Å². The van der Waals surface area contributed by atoms with Gasteiger partial charge in [0.15, 0.2) is 0 Å². The molecular weight excluding hydrogens is 232 g/mol. The van der Waals surface area contributed by atoms with Crippen LogP contribution in [0.25, 0.3) is 11.5 Å². The molecule has 0 spiro atoms. The first-order chi connectivity index (χ1) is 8.60. The lowest BCUT2D eigenvalue weighted by Crippen LogP contribution is -2.24. The first-order valence-corrected chi connectivity index (χ1v) is 5.70. The van der Waals surface area contributed by atoms with E-state index in [1.54, 1.807) is 25.6 Å². The molecule has 2 heterocycles. The number of pyridine rings is 1. The Bertz CT molecular complexity index is 534. The Morgan fingerprint density at radius 2 is 2.28 bits per heavy atom. The largest absolute Gasteiger partial charge is 0.397 e. The third kappa shape index (κ3) is 2.06. The van der Waals surface area contributed by atoms with Crippen molar-refractivity contribution in [3.05, 3.63) is 24.3 Å². The summed E-state index contributed by atoms with van der Waals surface area (Å²) in [5.74, 6) is 0.889. The Balaban J connectivity index is 2.40. The number of rotatable bonds is 4. The highest BCUT2D eigenvalue weighted by Gasteiger charge is 2.30. The number of ether oxygens (including phenoxy) is 1. The second-order valence-electron chi connectivity index (χ2n) is 4.17. The fraction of sp³-hybridized carbons (Fsp3) is 0.417. The van der Waals surface area contributed by atoms with Crippen LogP contribution in [0.3, 0.4) is 0 Å². The number of aromatic nitrogens is 3. The van der Waals surface area contributed by atoms with Gasteiger partial charge in [-0.1, -0.05) is 12.1 Å². The molecule has 0 amide bonds. The molecular formula is C12H16N4O2. The molecule has 0 fully saturated rings. The van der Waals surface area contributed by atoms with Gasteiger partial charge < -0.3 is 15.0 Å². The number of nitrogens with zero attached hydrogens (tertiary/aromatic N) is 3. The van der Waals surface area contributed by atoms with Crippen LogP contribution in [0.15, 0.2) is 23.0 Å². The maximum absolute atomic E-state index is 5.81. The molecule has 1 atom stereocenters. The Morgan fingerprint density at radius 3 is 2.89 bits per heavy atom. The zero-order chi connectivity index (χ0) is 13.2. The maximum atomic E-state index is 5.81. The normalized spacial score (nSPS) is 14.4. The Kier molecular flexibility index (Phi) is 3.29. The van der Waals surface area contributed by atoms with Crippen LogP contribution in [0.5, 0.6) is 0 Å². The Morgan fingerprint density at radius 1 is 1.50 bits per heavy atom. The monoisotopic (exact) mass is 248 g/mol. The molecule has 18 heavy (non-hydrogen) atoms. The molecule has 0 radical (unpaired) electrons. The number of nitrogen functional groups attached to an aromatic ring is 1. The van der Waals surface area contributed by atoms with E-state index in [1.807, 2.05) is 13.8 Å². The molecule has 1 unspecified atom stereocenters. The van der Waals surface area contributed by atoms with E-state index in [0.717, 1.165) is 6.42 Å². The van der Waals surface area contributed by atoms with Crippen LogP contribution >= 0.6 is 0 Å². The summed E-state index contributed by atoms with van der Waals surface area (Å²) in [7, 11) is 1.63. The van der Waals surface area contributed by atoms with Crippen molar-refractivity contribution in [3.8, 4) is 11.5 Å². The van der Waals surface area contributed by atoms with E-state index in [0.29, 0.717) is 23.0 Å². The van der Waals surface area contributed by atoms with Gasteiger partial charge in [-0.05, 0) is 19.4 Å². The molecule has 0 aliphatic rings. The molecule has 0 aromatic carbocycles. The Hall–Kier alpha value is -1.95. The molecule has 6 nitrogen and oxygen atoms in total. The standard InChI is InChI=1S/C12H16N4O2/c1-4-12(2,17-3)11-15-10(18-16-11)8-5-6-14-7-9(8)13/h5-7H,4,13H2,1-3H3. The van der Waals surface area contributed by atoms with Gasteiger partial charge in [0.2, 0.25) is 5.82 Å². The van der Waals surface area contributed by atoms with Crippen molar-refractivity contribution >= 4 is 5.69 Å². The fourth-order valence-electron chi connectivity index (χ4n) is 1.54. The summed E-state index contributed by atoms with van der Waals surface area (Å²) in [5, 5.41) is 3.96. The number of anilines is 1. The van der Waals surface area contributed by atoms with Crippen LogP contribution in [-0.4, -0.2) is 22.2 Å². The molecule has 2 aromatic heterocycles. The minimum atomic E-state index is -0.552. The SMILES string of the molecule is CCC(C)(OC)c1noc(-c2ccncc2N)n1. The summed E-state index contributed by atoms with van der Waals surface area (Å²) >= 11 is 0. The molecule has 6 heteroatoms. The van der Waals surface area contributed by atoms with Gasteiger partial charge in [-0.15, -0.1) is 0 Å². The lowest BCUT2D eigenvalue weighted by molar-refractivity contribution is -0.0106. The first kappa shape index (κ1) is 12.5. The van der Waals surface area contributed by atoms with Crippen LogP contribution in [-0.2, 0) is 10.3 Å². The molecule has 0 saturated carbocycles. The smallest absolute Gasteiger partial charge is 0.260 e. The number of hydrogen-bond acceptors (Lipinski definition) is 6. The van der Waals surface area contributed by atoms with Crippen LogP contribution in [0.2, 0.25) is 0 Å². The molecule has 2 aromatic rings. The third-order valence-electron chi connectivity index (χ3n) is 3.11. The average molecular weight is 248 g/mol. The van der Waals surface area contributed by atoms with Gasteiger partial charge >= 0.3 is 0 Å². The van der Waals surface area contributed by atoms with Crippen molar-refractivity contribution in [3.63, 3.8) is 0 Å². The highest BCUT2D eigenvalue weighted by molar-refractivity contribution is 5.68. The molecule has 0 aliphatic carbocycles. The summed E-state index contributed by atoms with van der Waals surface area (Å²) in [6.45, 7) is 3.91. The van der Waals surface area contributed by atoms with Crippen LogP contribution < -0.4 is 5.73 Å². The second-order valence-corrected chi connectivity index (χ2v) is 4.17. The summed E-state index contributed by atoms with van der Waals surface area (Å²) in [4.78, 5) is 8.26. The van der Waals surface area contributed by atoms with Gasteiger partial charge in [0, 0.05) is 13.3 Å². The second kappa shape index (κ2) is 4.73. The molecule has 2 rings (SSSR count). The van der Waals surface area contributed by atoms with Gasteiger partial charge in [-0.2, -0.15) is 4.98 Å². The Labute approximate surface area is 105 Å². The summed E-state index contributed by atoms with van der Waals surface area (Å²) in [6.07, 6.45) is 3.92. The van der Waals surface area contributed by atoms with Crippen molar-refractivity contribution in [1.29, 1.82) is 0 Å². The predicted molar refractivity (Wildman–Crippen MR) is 66.6 cm³/mol. The number of methoxy groups -OCH3 is 1. The quantitative estimate of drug-likeness (QED) is 0.890. The highest BCUT2D eigenvalue weighted by atomic mass is 16.5. The van der Waals surface area contributed by atoms with E-state index < -0.39 is 5.60 Å². The van der Waals surface area contributed by atoms with Crippen molar-refractivity contribution in [2.24, 2.45) is 0 Å². The molecule has 96 valence electrons. The van der Waals surface area contributed by atoms with E-state index >= 15 is 0 Å². The van der Waals surface area contributed by atoms with E-state index in [9.17, 15) is 0 Å². The van der Waals surface area contributed by atoms with Gasteiger partial charge in [-0.25, -0.2) is 0 Å². The lowest BCUT2D eigenvalue weighted by Gasteiger charge is -2.21. The van der Waals surface area contributed by atoms with Gasteiger partial charge in [-0.3, -0.25) is 4.98 Å². The molecule has 0 saturated heterocycles. The van der Waals surface area contributed by atoms with Crippen molar-refractivity contribution < 1.29 is 9.26 Å². The van der Waals surface area contributed by atoms with Crippen LogP contribution in [0.4, 0.5) is 5.69 Å². The van der Waals surface area contributed by atoms with Crippen LogP contribution in [0.1, 0.15) is 26.1 Å². The summed E-state index contributed by atoms with van der Waals surface area (Å²) in [6, 6.07) is 1.74. The van der Waals surface area contributed by atoms with E-state index in [1.165, 1.54) is 0 Å². The van der Waals surface area contributed by atoms with Crippen molar-refractivity contribution in [1.82, 2.24) is 15.1 Å². The van der Waals surface area contributed by atoms with Crippen LogP contribution in [0, 0.1) is 0 Å². The third-order valence-corrected chi connectivity index (χ3v) is 3.11. The van der Waals surface area contributed by atoms with Gasteiger partial charge in [0.25, 0.3) is 5.89 Å². The van der Waals surface area contributed by atoms with Crippen molar-refractivity contribution in [2.75, 3.05) is 12.8 Å². The lowest BCUT2D eigenvalue weighted by atomic mass is 10.0. The maximum Gasteiger partial charge on any atom is 0.260 e. The molecule has 2 N–H and O–H groups in total. The zero-order valence-electron chi connectivity index (χ0n) is 10.7. The molecule has 0 bridgehead atoms. The topological polar surface area (TPSA) is 87.1 Å². The fourth-order valence-corrected chi connectivity index (χ4v) is 1.54. The number of hydrogen-bond donors (Lipinski definition) is 1. The highest BCUT2D eigenvalue weighted by Crippen LogP contribution is 2.29. The van der Waals surface area contributed by atoms with Gasteiger partial charge in [0.05, 0.1) is 17.4 Å². The summed E-state index contributed by atoms with van der Waals surface area (Å²) < 4.78 is 10.7. The predicted octanol–water partition coefficient (Wildman–Crippen LogP) is 1.99. The zero-order valence-corrected chi connectivity index (χ0v) is 10.7. The average Bonchev–Trinajstić information content (AvgIpc) is 2.88. The molecule has 0 aliphatic heterocycles. The minimum Gasteiger partial charge on any atom is -0.397 e. The van der Waals surface area contributed by atoms with E-state index in [4.69, 9.17) is 15.0 Å². The summed E-state index contributed by atoms with van der Waals surface area (Å²) in [5.41, 5.74) is 6.44. The van der Waals surface area contributed by atoms with E-state index in [2.05, 4.69) is 15.1 Å². The van der Waals surface area contributed by atoms with Crippen molar-refractivity contribution in [2.45, 2.75) is 25.9 Å². The number of nitrogens with two attached hydrogens (primary N) is 1. The van der Waals surface area contributed by atoms with E-state index in [-0.39, 0.29) is 0 Å².